The van der Waals surface area contributed by atoms with E-state index in [1.165, 1.54) is 0 Å². The molecule has 3 aromatic heterocycles. The second-order valence-electron chi connectivity index (χ2n) is 11.5. The predicted molar refractivity (Wildman–Crippen MR) is 190 cm³/mol. The number of hydrogen-bond donors (Lipinski definition) is 0. The van der Waals surface area contributed by atoms with Gasteiger partial charge < -0.3 is 4.42 Å². The Hall–Kier alpha value is -6.46. The smallest absolute Gasteiger partial charge is 0.227 e. The largest absolute Gasteiger partial charge is 0.435 e. The molecule has 9 aromatic rings. The maximum atomic E-state index is 6.49. The first kappa shape index (κ1) is 26.9. The standard InChI is InChI=1S/C42H26N4O/c1-2-10-30(11-3-1)41-44-36-15-7-6-13-34(36)39(46-41)29-19-17-28(18-20-29)33-22-21-27-9-4-5-12-32(27)38(33)35-14-8-16-37-40(35)47-42(45-37)31-23-25-43-26-24-31/h1-26H. The molecule has 0 aliphatic rings. The van der Waals surface area contributed by atoms with Crippen LogP contribution < -0.4 is 0 Å². The van der Waals surface area contributed by atoms with Gasteiger partial charge in [0.25, 0.3) is 0 Å². The number of hydrogen-bond acceptors (Lipinski definition) is 5. The molecule has 9 rings (SSSR count). The Morgan fingerprint density at radius 1 is 0.426 bits per heavy atom. The molecular weight excluding hydrogens is 576 g/mol. The summed E-state index contributed by atoms with van der Waals surface area (Å²) >= 11 is 0. The van der Waals surface area contributed by atoms with Crippen molar-refractivity contribution in [3.05, 3.63) is 158 Å². The van der Waals surface area contributed by atoms with Gasteiger partial charge in [-0.05, 0) is 46.2 Å². The van der Waals surface area contributed by atoms with E-state index in [0.717, 1.165) is 77.4 Å². The maximum absolute atomic E-state index is 6.49. The zero-order valence-corrected chi connectivity index (χ0v) is 25.2. The van der Waals surface area contributed by atoms with E-state index in [1.807, 2.05) is 66.7 Å². The third-order valence-corrected chi connectivity index (χ3v) is 8.65. The third-order valence-electron chi connectivity index (χ3n) is 8.65. The number of nitrogens with zero attached hydrogens (tertiary/aromatic N) is 4. The first-order chi connectivity index (χ1) is 23.3. The molecule has 5 nitrogen and oxygen atoms in total. The Morgan fingerprint density at radius 3 is 2.00 bits per heavy atom. The van der Waals surface area contributed by atoms with Crippen molar-refractivity contribution in [2.24, 2.45) is 0 Å². The molecule has 0 atom stereocenters. The molecule has 47 heavy (non-hydrogen) atoms. The monoisotopic (exact) mass is 602 g/mol. The quantitative estimate of drug-likeness (QED) is 0.196. The summed E-state index contributed by atoms with van der Waals surface area (Å²) in [5.74, 6) is 1.29. The van der Waals surface area contributed by atoms with Crippen molar-refractivity contribution in [3.63, 3.8) is 0 Å². The normalized spacial score (nSPS) is 11.4. The first-order valence-electron chi connectivity index (χ1n) is 15.6. The number of para-hydroxylation sites is 2. The van der Waals surface area contributed by atoms with E-state index >= 15 is 0 Å². The van der Waals surface area contributed by atoms with E-state index in [-0.39, 0.29) is 0 Å². The van der Waals surface area contributed by atoms with Crippen LogP contribution in [-0.4, -0.2) is 19.9 Å². The zero-order valence-electron chi connectivity index (χ0n) is 25.2. The van der Waals surface area contributed by atoms with Crippen LogP contribution in [0.3, 0.4) is 0 Å². The summed E-state index contributed by atoms with van der Waals surface area (Å²) in [6.07, 6.45) is 3.51. The minimum atomic E-state index is 0.577. The van der Waals surface area contributed by atoms with Crippen LogP contribution >= 0.6 is 0 Å². The van der Waals surface area contributed by atoms with Crippen molar-refractivity contribution in [2.45, 2.75) is 0 Å². The van der Waals surface area contributed by atoms with Crippen LogP contribution in [-0.2, 0) is 0 Å². The Balaban J connectivity index is 1.21. The van der Waals surface area contributed by atoms with Crippen LogP contribution in [0.25, 0.3) is 89.1 Å². The number of rotatable bonds is 5. The van der Waals surface area contributed by atoms with Crippen molar-refractivity contribution < 1.29 is 4.42 Å². The molecule has 6 aromatic carbocycles. The molecule has 0 amide bonds. The highest BCUT2D eigenvalue weighted by Gasteiger charge is 2.19. The highest BCUT2D eigenvalue weighted by Crippen LogP contribution is 2.42. The summed E-state index contributed by atoms with van der Waals surface area (Å²) < 4.78 is 6.49. The topological polar surface area (TPSA) is 64.7 Å². The number of benzene rings is 6. The fourth-order valence-corrected chi connectivity index (χ4v) is 6.39. The van der Waals surface area contributed by atoms with Crippen LogP contribution in [0.1, 0.15) is 0 Å². The average Bonchev–Trinajstić information content (AvgIpc) is 3.60. The van der Waals surface area contributed by atoms with Crippen molar-refractivity contribution in [3.8, 4) is 56.4 Å². The predicted octanol–water partition coefficient (Wildman–Crippen LogP) is 10.7. The van der Waals surface area contributed by atoms with E-state index in [2.05, 4.69) is 83.8 Å². The number of fused-ring (bicyclic) bond motifs is 3. The molecule has 0 saturated carbocycles. The Kier molecular flexibility index (Phi) is 6.39. The molecule has 0 spiro atoms. The van der Waals surface area contributed by atoms with Gasteiger partial charge in [0.05, 0.1) is 11.2 Å². The van der Waals surface area contributed by atoms with Gasteiger partial charge in [0.15, 0.2) is 11.4 Å². The van der Waals surface area contributed by atoms with Gasteiger partial charge in [-0.15, -0.1) is 0 Å². The van der Waals surface area contributed by atoms with Crippen LogP contribution in [0.15, 0.2) is 162 Å². The molecule has 0 radical (unpaired) electrons. The molecule has 0 saturated heterocycles. The number of pyridine rings is 1. The third kappa shape index (κ3) is 4.73. The summed E-state index contributed by atoms with van der Waals surface area (Å²) in [6, 6.07) is 49.9. The SMILES string of the molecule is c1ccc(-c2nc(-c3ccc(-c4ccc5ccccc5c4-c4cccc5nc(-c6ccncc6)oc45)cc3)c3ccccc3n2)cc1. The molecule has 220 valence electrons. The van der Waals surface area contributed by atoms with Gasteiger partial charge in [-0.3, -0.25) is 4.98 Å². The van der Waals surface area contributed by atoms with E-state index in [0.29, 0.717) is 11.7 Å². The minimum Gasteiger partial charge on any atom is -0.435 e. The van der Waals surface area contributed by atoms with Crippen LogP contribution in [0.4, 0.5) is 0 Å². The minimum absolute atomic E-state index is 0.577. The molecule has 0 aliphatic carbocycles. The van der Waals surface area contributed by atoms with Gasteiger partial charge in [-0.2, -0.15) is 0 Å². The lowest BCUT2D eigenvalue weighted by Crippen LogP contribution is -1.95. The summed E-state index contributed by atoms with van der Waals surface area (Å²) in [4.78, 5) is 19.0. The lowest BCUT2D eigenvalue weighted by atomic mass is 9.89. The Bertz CT molecular complexity index is 2560. The maximum Gasteiger partial charge on any atom is 0.227 e. The zero-order chi connectivity index (χ0) is 31.2. The van der Waals surface area contributed by atoms with Gasteiger partial charge in [0.2, 0.25) is 5.89 Å². The van der Waals surface area contributed by atoms with Gasteiger partial charge in [0.1, 0.15) is 5.52 Å². The van der Waals surface area contributed by atoms with Gasteiger partial charge in [0, 0.05) is 45.6 Å². The van der Waals surface area contributed by atoms with Crippen LogP contribution in [0.5, 0.6) is 0 Å². The lowest BCUT2D eigenvalue weighted by Gasteiger charge is -2.15. The summed E-state index contributed by atoms with van der Waals surface area (Å²) in [5.41, 5.74) is 10.6. The van der Waals surface area contributed by atoms with Crippen molar-refractivity contribution in [1.82, 2.24) is 19.9 Å². The van der Waals surface area contributed by atoms with Crippen molar-refractivity contribution in [1.29, 1.82) is 0 Å². The highest BCUT2D eigenvalue weighted by atomic mass is 16.3. The fraction of sp³-hybridized carbons (Fsp3) is 0. The number of oxazole rings is 1. The number of aromatic nitrogens is 4. The van der Waals surface area contributed by atoms with E-state index in [4.69, 9.17) is 19.4 Å². The molecule has 3 heterocycles. The van der Waals surface area contributed by atoms with E-state index in [1.54, 1.807) is 12.4 Å². The average molecular weight is 603 g/mol. The molecule has 0 N–H and O–H groups in total. The van der Waals surface area contributed by atoms with E-state index in [9.17, 15) is 0 Å². The first-order valence-corrected chi connectivity index (χ1v) is 15.6. The van der Waals surface area contributed by atoms with Gasteiger partial charge in [-0.1, -0.05) is 121 Å². The Morgan fingerprint density at radius 2 is 1.15 bits per heavy atom. The molecule has 0 bridgehead atoms. The van der Waals surface area contributed by atoms with Crippen LogP contribution in [0, 0.1) is 0 Å². The fourth-order valence-electron chi connectivity index (χ4n) is 6.39. The van der Waals surface area contributed by atoms with Crippen molar-refractivity contribution in [2.75, 3.05) is 0 Å². The summed E-state index contributed by atoms with van der Waals surface area (Å²) in [5, 5.41) is 3.33. The molecule has 0 unspecified atom stereocenters. The van der Waals surface area contributed by atoms with E-state index < -0.39 is 0 Å². The van der Waals surface area contributed by atoms with Gasteiger partial charge in [-0.25, -0.2) is 15.0 Å². The lowest BCUT2D eigenvalue weighted by molar-refractivity contribution is 0.620. The Labute approximate surface area is 270 Å². The van der Waals surface area contributed by atoms with Crippen molar-refractivity contribution >= 4 is 32.8 Å². The molecule has 0 aliphatic heterocycles. The summed E-state index contributed by atoms with van der Waals surface area (Å²) in [6.45, 7) is 0. The molecular formula is C42H26N4O. The summed E-state index contributed by atoms with van der Waals surface area (Å²) in [7, 11) is 0. The molecule has 5 heteroatoms. The highest BCUT2D eigenvalue weighted by molar-refractivity contribution is 6.09. The molecule has 0 fully saturated rings. The second-order valence-corrected chi connectivity index (χ2v) is 11.5. The second kappa shape index (κ2) is 11.2. The van der Waals surface area contributed by atoms with Gasteiger partial charge >= 0.3 is 0 Å². The van der Waals surface area contributed by atoms with Crippen LogP contribution in [0.2, 0.25) is 0 Å².